The van der Waals surface area contributed by atoms with E-state index in [-0.39, 0.29) is 0 Å². The second-order valence-corrected chi connectivity index (χ2v) is 5.85. The number of hydrogen-bond acceptors (Lipinski definition) is 3. The molecule has 0 aliphatic carbocycles. The van der Waals surface area contributed by atoms with Gasteiger partial charge in [0.05, 0.1) is 0 Å². The summed E-state index contributed by atoms with van der Waals surface area (Å²) in [5, 5.41) is 3.42. The van der Waals surface area contributed by atoms with E-state index in [9.17, 15) is 0 Å². The monoisotopic (exact) mass is 289 g/mol. The van der Waals surface area contributed by atoms with Gasteiger partial charge in [-0.3, -0.25) is 0 Å². The van der Waals surface area contributed by atoms with Crippen molar-refractivity contribution in [3.63, 3.8) is 0 Å². The Bertz CT molecular complexity index is 411. The highest BCUT2D eigenvalue weighted by Crippen LogP contribution is 2.20. The molecule has 1 aromatic heterocycles. The maximum atomic E-state index is 4.77. The number of anilines is 1. The summed E-state index contributed by atoms with van der Waals surface area (Å²) >= 11 is 0. The van der Waals surface area contributed by atoms with Gasteiger partial charge in [-0.15, -0.1) is 0 Å². The zero-order valence-electron chi connectivity index (χ0n) is 13.8. The van der Waals surface area contributed by atoms with Crippen LogP contribution < -0.4 is 5.32 Å². The second-order valence-electron chi connectivity index (χ2n) is 5.85. The third kappa shape index (κ3) is 4.99. The standard InChI is InChI=1S/C16H25N3.C2H6/c1-2-11-19(12-3-1)13-5-7-15-9-8-14-6-4-10-17-16(14)18-15;1-2/h8-9H,1-7,10-13H2,(H,17,18);1-2H3. The summed E-state index contributed by atoms with van der Waals surface area (Å²) in [7, 11) is 0. The molecule has 0 amide bonds. The van der Waals surface area contributed by atoms with Crippen molar-refractivity contribution >= 4 is 5.82 Å². The van der Waals surface area contributed by atoms with Gasteiger partial charge in [0.15, 0.2) is 0 Å². The third-order valence-electron chi connectivity index (χ3n) is 4.31. The van der Waals surface area contributed by atoms with E-state index in [2.05, 4.69) is 22.3 Å². The molecule has 1 aromatic rings. The van der Waals surface area contributed by atoms with Crippen molar-refractivity contribution in [1.82, 2.24) is 9.88 Å². The summed E-state index contributed by atoms with van der Waals surface area (Å²) in [5.41, 5.74) is 2.65. The summed E-state index contributed by atoms with van der Waals surface area (Å²) in [6.07, 6.45) is 8.99. The minimum absolute atomic E-state index is 1.08. The van der Waals surface area contributed by atoms with Crippen molar-refractivity contribution in [3.05, 3.63) is 23.4 Å². The molecule has 1 saturated heterocycles. The van der Waals surface area contributed by atoms with Gasteiger partial charge in [0, 0.05) is 12.2 Å². The van der Waals surface area contributed by atoms with E-state index >= 15 is 0 Å². The van der Waals surface area contributed by atoms with Gasteiger partial charge in [0.1, 0.15) is 5.82 Å². The molecule has 3 nitrogen and oxygen atoms in total. The van der Waals surface area contributed by atoms with E-state index in [1.807, 2.05) is 13.8 Å². The van der Waals surface area contributed by atoms with Crippen LogP contribution in [0.5, 0.6) is 0 Å². The molecular formula is C18H31N3. The molecule has 21 heavy (non-hydrogen) atoms. The van der Waals surface area contributed by atoms with Crippen molar-refractivity contribution in [1.29, 1.82) is 0 Å². The van der Waals surface area contributed by atoms with Crippen LogP contribution in [0.1, 0.15) is 57.2 Å². The van der Waals surface area contributed by atoms with Crippen LogP contribution in [-0.4, -0.2) is 36.1 Å². The van der Waals surface area contributed by atoms with Gasteiger partial charge in [-0.2, -0.15) is 0 Å². The van der Waals surface area contributed by atoms with Crippen LogP contribution in [0.3, 0.4) is 0 Å². The molecule has 3 rings (SSSR count). The Balaban J connectivity index is 0.000000774. The zero-order valence-corrected chi connectivity index (χ0v) is 13.8. The number of nitrogens with one attached hydrogen (secondary N) is 1. The number of piperidine rings is 1. The van der Waals surface area contributed by atoms with Crippen LogP contribution in [0, 0.1) is 0 Å². The van der Waals surface area contributed by atoms with Gasteiger partial charge in [-0.1, -0.05) is 26.3 Å². The minimum Gasteiger partial charge on any atom is -0.370 e. The quantitative estimate of drug-likeness (QED) is 0.911. The molecule has 0 unspecified atom stereocenters. The highest BCUT2D eigenvalue weighted by molar-refractivity contribution is 5.46. The fourth-order valence-corrected chi connectivity index (χ4v) is 3.17. The van der Waals surface area contributed by atoms with Crippen molar-refractivity contribution in [3.8, 4) is 0 Å². The molecule has 2 aliphatic rings. The predicted molar refractivity (Wildman–Crippen MR) is 91.0 cm³/mol. The highest BCUT2D eigenvalue weighted by Gasteiger charge is 2.11. The van der Waals surface area contributed by atoms with Crippen molar-refractivity contribution in [2.45, 2.75) is 58.8 Å². The van der Waals surface area contributed by atoms with E-state index in [1.54, 1.807) is 0 Å². The third-order valence-corrected chi connectivity index (χ3v) is 4.31. The predicted octanol–water partition coefficient (Wildman–Crippen LogP) is 3.88. The molecule has 118 valence electrons. The normalized spacial score (nSPS) is 18.2. The van der Waals surface area contributed by atoms with E-state index < -0.39 is 0 Å². The van der Waals surface area contributed by atoms with E-state index in [0.717, 1.165) is 18.8 Å². The van der Waals surface area contributed by atoms with Crippen LogP contribution in [0.4, 0.5) is 5.82 Å². The van der Waals surface area contributed by atoms with E-state index in [1.165, 1.54) is 69.4 Å². The molecule has 1 fully saturated rings. The smallest absolute Gasteiger partial charge is 0.129 e. The lowest BCUT2D eigenvalue weighted by Gasteiger charge is -2.26. The largest absolute Gasteiger partial charge is 0.370 e. The molecule has 0 radical (unpaired) electrons. The average molecular weight is 289 g/mol. The average Bonchev–Trinajstić information content (AvgIpc) is 2.58. The lowest BCUT2D eigenvalue weighted by Crippen LogP contribution is -2.30. The van der Waals surface area contributed by atoms with E-state index in [4.69, 9.17) is 4.98 Å². The second kappa shape index (κ2) is 9.04. The Morgan fingerprint density at radius 2 is 1.90 bits per heavy atom. The Hall–Kier alpha value is -1.09. The number of aromatic nitrogens is 1. The Morgan fingerprint density at radius 3 is 2.71 bits per heavy atom. The summed E-state index contributed by atoms with van der Waals surface area (Å²) in [4.78, 5) is 7.38. The van der Waals surface area contributed by atoms with Crippen LogP contribution >= 0.6 is 0 Å². The minimum atomic E-state index is 1.08. The highest BCUT2D eigenvalue weighted by atomic mass is 15.1. The molecule has 0 aromatic carbocycles. The van der Waals surface area contributed by atoms with Gasteiger partial charge >= 0.3 is 0 Å². The summed E-state index contributed by atoms with van der Waals surface area (Å²) in [5.74, 6) is 1.14. The molecule has 3 heterocycles. The van der Waals surface area contributed by atoms with Crippen molar-refractivity contribution < 1.29 is 0 Å². The molecule has 1 N–H and O–H groups in total. The zero-order chi connectivity index (χ0) is 14.9. The molecule has 2 aliphatic heterocycles. The van der Waals surface area contributed by atoms with Crippen LogP contribution in [0.25, 0.3) is 0 Å². The van der Waals surface area contributed by atoms with E-state index in [0.29, 0.717) is 0 Å². The number of likely N-dealkylation sites (tertiary alicyclic amines) is 1. The van der Waals surface area contributed by atoms with Crippen LogP contribution in [0.15, 0.2) is 12.1 Å². The maximum Gasteiger partial charge on any atom is 0.129 e. The molecule has 0 atom stereocenters. The molecule has 0 bridgehead atoms. The number of pyridine rings is 1. The first kappa shape index (κ1) is 16.3. The SMILES string of the molecule is CC.c1cc2c(nc1CCCN1CCCCC1)NCCC2. The number of hydrogen-bond donors (Lipinski definition) is 1. The fourth-order valence-electron chi connectivity index (χ4n) is 3.17. The number of rotatable bonds is 4. The lowest BCUT2D eigenvalue weighted by molar-refractivity contribution is 0.226. The Kier molecular flexibility index (Phi) is 7.01. The Labute approximate surface area is 130 Å². The van der Waals surface area contributed by atoms with Gasteiger partial charge in [0.2, 0.25) is 0 Å². The van der Waals surface area contributed by atoms with Crippen LogP contribution in [0.2, 0.25) is 0 Å². The number of nitrogens with zero attached hydrogens (tertiary/aromatic N) is 2. The fraction of sp³-hybridized carbons (Fsp3) is 0.722. The van der Waals surface area contributed by atoms with Crippen molar-refractivity contribution in [2.75, 3.05) is 31.5 Å². The summed E-state index contributed by atoms with van der Waals surface area (Å²) in [6.45, 7) is 8.93. The molecule has 0 saturated carbocycles. The summed E-state index contributed by atoms with van der Waals surface area (Å²) in [6, 6.07) is 4.49. The maximum absolute atomic E-state index is 4.77. The van der Waals surface area contributed by atoms with Gasteiger partial charge in [-0.25, -0.2) is 4.98 Å². The van der Waals surface area contributed by atoms with Crippen molar-refractivity contribution in [2.24, 2.45) is 0 Å². The first-order valence-electron chi connectivity index (χ1n) is 8.87. The number of fused-ring (bicyclic) bond motifs is 1. The van der Waals surface area contributed by atoms with Gasteiger partial charge in [0.25, 0.3) is 0 Å². The Morgan fingerprint density at radius 1 is 1.10 bits per heavy atom. The first-order valence-corrected chi connectivity index (χ1v) is 8.87. The topological polar surface area (TPSA) is 28.2 Å². The van der Waals surface area contributed by atoms with Gasteiger partial charge < -0.3 is 10.2 Å². The molecule has 0 spiro atoms. The van der Waals surface area contributed by atoms with Gasteiger partial charge in [-0.05, 0) is 69.8 Å². The van der Waals surface area contributed by atoms with Crippen LogP contribution in [-0.2, 0) is 12.8 Å². The molecular weight excluding hydrogens is 258 g/mol. The summed E-state index contributed by atoms with van der Waals surface area (Å²) < 4.78 is 0. The lowest BCUT2D eigenvalue weighted by atomic mass is 10.1. The number of aryl methyl sites for hydroxylation is 2. The first-order chi connectivity index (χ1) is 10.4. The molecule has 3 heteroatoms.